The molecule has 0 N–H and O–H groups in total. The number of carbonyl (C=O) groups is 1. The highest BCUT2D eigenvalue weighted by Crippen LogP contribution is 2.12. The molecule has 0 fully saturated rings. The zero-order valence-corrected chi connectivity index (χ0v) is 11.0. The molecule has 0 spiro atoms. The van der Waals surface area contributed by atoms with Crippen LogP contribution in [0.25, 0.3) is 0 Å². The van der Waals surface area contributed by atoms with Gasteiger partial charge in [0.1, 0.15) is 24.2 Å². The average molecular weight is 273 g/mol. The molecule has 0 radical (unpaired) electrons. The Morgan fingerprint density at radius 2 is 2.17 bits per heavy atom. The van der Waals surface area contributed by atoms with Gasteiger partial charge < -0.3 is 4.74 Å². The van der Waals surface area contributed by atoms with Gasteiger partial charge in [-0.25, -0.2) is 4.98 Å². The van der Waals surface area contributed by atoms with Crippen molar-refractivity contribution in [3.8, 4) is 5.75 Å². The van der Waals surface area contributed by atoms with Crippen molar-refractivity contribution >= 4 is 16.4 Å². The van der Waals surface area contributed by atoms with Crippen LogP contribution in [0.2, 0.25) is 0 Å². The predicted octanol–water partition coefficient (Wildman–Crippen LogP) is 1.03. The molecule has 0 aliphatic rings. The number of hydrogen-bond donors (Lipinski definition) is 0. The normalized spacial score (nSPS) is 13.0. The van der Waals surface area contributed by atoms with Gasteiger partial charge in [0, 0.05) is 0 Å². The van der Waals surface area contributed by atoms with Gasteiger partial charge in [0.25, 0.3) is 10.1 Å². The quantitative estimate of drug-likeness (QED) is 0.545. The molecular formula is C11H15NO5S. The maximum absolute atomic E-state index is 10.9. The third-order valence-corrected chi connectivity index (χ3v) is 2.67. The van der Waals surface area contributed by atoms with E-state index in [2.05, 4.69) is 9.17 Å². The van der Waals surface area contributed by atoms with Crippen LogP contribution in [0, 0.1) is 0 Å². The van der Waals surface area contributed by atoms with Crippen LogP contribution < -0.4 is 4.74 Å². The third-order valence-electron chi connectivity index (χ3n) is 2.11. The van der Waals surface area contributed by atoms with Crippen molar-refractivity contribution in [1.29, 1.82) is 0 Å². The Labute approximate surface area is 106 Å². The summed E-state index contributed by atoms with van der Waals surface area (Å²) in [4.78, 5) is 14.3. The maximum Gasteiger partial charge on any atom is 0.264 e. The lowest BCUT2D eigenvalue weighted by Crippen LogP contribution is -2.24. The highest BCUT2D eigenvalue weighted by molar-refractivity contribution is 7.85. The van der Waals surface area contributed by atoms with E-state index in [9.17, 15) is 13.2 Å². The Hall–Kier alpha value is -1.47. The van der Waals surface area contributed by atoms with E-state index >= 15 is 0 Å². The lowest BCUT2D eigenvalue weighted by molar-refractivity contribution is 0.111. The predicted molar refractivity (Wildman–Crippen MR) is 65.1 cm³/mol. The summed E-state index contributed by atoms with van der Waals surface area (Å²) in [6.07, 6.45) is 3.23. The van der Waals surface area contributed by atoms with Crippen molar-refractivity contribution in [1.82, 2.24) is 4.98 Å². The lowest BCUT2D eigenvalue weighted by Gasteiger charge is -2.16. The van der Waals surface area contributed by atoms with E-state index < -0.39 is 10.1 Å². The van der Waals surface area contributed by atoms with Gasteiger partial charge in [-0.05, 0) is 18.6 Å². The Balaban J connectivity index is 2.59. The second-order valence-corrected chi connectivity index (χ2v) is 5.32. The fraction of sp³-hybridized carbons (Fsp3) is 0.455. The molecule has 18 heavy (non-hydrogen) atoms. The van der Waals surface area contributed by atoms with E-state index in [1.54, 1.807) is 6.07 Å². The first kappa shape index (κ1) is 14.6. The van der Waals surface area contributed by atoms with E-state index in [4.69, 9.17) is 4.74 Å². The molecule has 1 heterocycles. The van der Waals surface area contributed by atoms with Crippen LogP contribution in [0.15, 0.2) is 18.3 Å². The highest BCUT2D eigenvalue weighted by Gasteiger charge is 2.12. The molecule has 1 atom stereocenters. The zero-order valence-electron chi connectivity index (χ0n) is 10.2. The summed E-state index contributed by atoms with van der Waals surface area (Å²) in [6, 6.07) is 3.12. The second kappa shape index (κ2) is 6.46. The lowest BCUT2D eigenvalue weighted by atomic mass is 10.3. The van der Waals surface area contributed by atoms with E-state index in [-0.39, 0.29) is 12.7 Å². The number of hydrogen-bond acceptors (Lipinski definition) is 6. The molecule has 0 aliphatic carbocycles. The molecule has 0 amide bonds. The first-order chi connectivity index (χ1) is 8.44. The minimum Gasteiger partial charge on any atom is -0.486 e. The molecule has 1 aromatic heterocycles. The molecule has 0 saturated carbocycles. The molecule has 0 aliphatic heterocycles. The summed E-state index contributed by atoms with van der Waals surface area (Å²) in [5, 5.41) is 0. The number of aromatic nitrogens is 1. The van der Waals surface area contributed by atoms with Gasteiger partial charge in [0.05, 0.1) is 12.5 Å². The summed E-state index contributed by atoms with van der Waals surface area (Å²) >= 11 is 0. The Morgan fingerprint density at radius 1 is 1.44 bits per heavy atom. The molecule has 0 aromatic carbocycles. The van der Waals surface area contributed by atoms with Crippen LogP contribution in [0.1, 0.15) is 23.8 Å². The SMILES string of the molecule is CCC(COS(C)(=O)=O)Oc1ccc(C=O)nc1. The van der Waals surface area contributed by atoms with Gasteiger partial charge in [0.2, 0.25) is 0 Å². The molecule has 1 rings (SSSR count). The minimum absolute atomic E-state index is 0.0508. The van der Waals surface area contributed by atoms with Crippen molar-refractivity contribution in [3.63, 3.8) is 0 Å². The Bertz CT molecular complexity index is 483. The number of aldehydes is 1. The molecule has 0 bridgehead atoms. The van der Waals surface area contributed by atoms with Gasteiger partial charge in [-0.1, -0.05) is 6.92 Å². The first-order valence-electron chi connectivity index (χ1n) is 5.37. The summed E-state index contributed by atoms with van der Waals surface area (Å²) in [7, 11) is -3.47. The summed E-state index contributed by atoms with van der Waals surface area (Å²) in [6.45, 7) is 1.80. The van der Waals surface area contributed by atoms with Gasteiger partial charge >= 0.3 is 0 Å². The average Bonchev–Trinajstić information content (AvgIpc) is 2.34. The summed E-state index contributed by atoms with van der Waals surface area (Å²) < 4.78 is 31.9. The van der Waals surface area contributed by atoms with Crippen molar-refractivity contribution in [2.45, 2.75) is 19.4 Å². The fourth-order valence-corrected chi connectivity index (χ4v) is 1.56. The molecule has 1 unspecified atom stereocenters. The third kappa shape index (κ3) is 5.24. The highest BCUT2D eigenvalue weighted by atomic mass is 32.2. The van der Waals surface area contributed by atoms with E-state index in [0.29, 0.717) is 24.2 Å². The molecule has 7 heteroatoms. The fourth-order valence-electron chi connectivity index (χ4n) is 1.16. The van der Waals surface area contributed by atoms with Crippen LogP contribution in [0.3, 0.4) is 0 Å². The molecule has 1 aromatic rings. The maximum atomic E-state index is 10.9. The van der Waals surface area contributed by atoms with E-state index in [0.717, 1.165) is 6.26 Å². The zero-order chi connectivity index (χ0) is 13.6. The smallest absolute Gasteiger partial charge is 0.264 e. The standard InChI is InChI=1S/C11H15NO5S/c1-3-10(8-16-18(2,14)15)17-11-5-4-9(7-13)12-6-11/h4-7,10H,3,8H2,1-2H3. The number of ether oxygens (including phenoxy) is 1. The van der Waals surface area contributed by atoms with Crippen molar-refractivity contribution in [2.24, 2.45) is 0 Å². The second-order valence-electron chi connectivity index (χ2n) is 3.67. The topological polar surface area (TPSA) is 82.6 Å². The molecule has 6 nitrogen and oxygen atoms in total. The van der Waals surface area contributed by atoms with Crippen molar-refractivity contribution in [2.75, 3.05) is 12.9 Å². The largest absolute Gasteiger partial charge is 0.486 e. The number of pyridine rings is 1. The van der Waals surface area contributed by atoms with Gasteiger partial charge in [0.15, 0.2) is 6.29 Å². The number of nitrogens with zero attached hydrogens (tertiary/aromatic N) is 1. The first-order valence-corrected chi connectivity index (χ1v) is 7.18. The number of rotatable bonds is 7. The van der Waals surface area contributed by atoms with Gasteiger partial charge in [-0.3, -0.25) is 8.98 Å². The van der Waals surface area contributed by atoms with Crippen LogP contribution in [0.5, 0.6) is 5.75 Å². The number of carbonyl (C=O) groups excluding carboxylic acids is 1. The molecule has 100 valence electrons. The molecular weight excluding hydrogens is 258 g/mol. The monoisotopic (exact) mass is 273 g/mol. The minimum atomic E-state index is -3.47. The Kier molecular flexibility index (Phi) is 5.24. The van der Waals surface area contributed by atoms with Crippen LogP contribution >= 0.6 is 0 Å². The van der Waals surface area contributed by atoms with Gasteiger partial charge in [-0.2, -0.15) is 8.42 Å². The van der Waals surface area contributed by atoms with Crippen LogP contribution in [-0.4, -0.2) is 38.7 Å². The van der Waals surface area contributed by atoms with Crippen molar-refractivity contribution in [3.05, 3.63) is 24.0 Å². The summed E-state index contributed by atoms with van der Waals surface area (Å²) in [5.74, 6) is 0.463. The van der Waals surface area contributed by atoms with Crippen LogP contribution in [-0.2, 0) is 14.3 Å². The summed E-state index contributed by atoms with van der Waals surface area (Å²) in [5.41, 5.74) is 0.308. The van der Waals surface area contributed by atoms with Crippen LogP contribution in [0.4, 0.5) is 0 Å². The van der Waals surface area contributed by atoms with E-state index in [1.165, 1.54) is 12.3 Å². The van der Waals surface area contributed by atoms with E-state index in [1.807, 2.05) is 6.92 Å². The molecule has 0 saturated heterocycles. The van der Waals surface area contributed by atoms with Gasteiger partial charge in [-0.15, -0.1) is 0 Å². The van der Waals surface area contributed by atoms with Crippen molar-refractivity contribution < 1.29 is 22.1 Å². The Morgan fingerprint density at radius 3 is 2.61 bits per heavy atom.